The highest BCUT2D eigenvalue weighted by atomic mass is 32.1. The van der Waals surface area contributed by atoms with Gasteiger partial charge >= 0.3 is 6.09 Å². The molecule has 140 valence electrons. The molecule has 0 saturated carbocycles. The van der Waals surface area contributed by atoms with Gasteiger partial charge in [0.2, 0.25) is 0 Å². The standard InChI is InChI=1S/C19H18N2O5S/c1-23-11-25-15-6-3-12(9-16(15)24-2)4-8-18-21-14-10-13(26-19(20)22)5-7-17(14)27-18/h3-10H,11H2,1-2H3,(H2,20,22). The predicted octanol–water partition coefficient (Wildman–Crippen LogP) is 3.92. The monoisotopic (exact) mass is 386 g/mol. The van der Waals surface area contributed by atoms with Gasteiger partial charge in [-0.05, 0) is 35.9 Å². The second kappa shape index (κ2) is 8.52. The van der Waals surface area contributed by atoms with E-state index in [0.29, 0.717) is 17.2 Å². The number of benzene rings is 2. The fourth-order valence-corrected chi connectivity index (χ4v) is 3.22. The second-order valence-corrected chi connectivity index (χ2v) is 6.46. The zero-order valence-corrected chi connectivity index (χ0v) is 15.6. The van der Waals surface area contributed by atoms with Crippen molar-refractivity contribution in [3.05, 3.63) is 47.0 Å². The maximum Gasteiger partial charge on any atom is 0.409 e. The number of carbonyl (C=O) groups excluding carboxylic acids is 1. The highest BCUT2D eigenvalue weighted by Gasteiger charge is 2.07. The molecule has 0 aliphatic carbocycles. The highest BCUT2D eigenvalue weighted by molar-refractivity contribution is 7.19. The van der Waals surface area contributed by atoms with Gasteiger partial charge in [-0.2, -0.15) is 0 Å². The van der Waals surface area contributed by atoms with Crippen molar-refractivity contribution in [3.63, 3.8) is 0 Å². The van der Waals surface area contributed by atoms with Gasteiger partial charge in [-0.1, -0.05) is 12.1 Å². The molecule has 1 amide bonds. The average Bonchev–Trinajstić information content (AvgIpc) is 3.06. The summed E-state index contributed by atoms with van der Waals surface area (Å²) in [6.07, 6.45) is 2.99. The molecule has 8 heteroatoms. The number of fused-ring (bicyclic) bond motifs is 1. The maximum absolute atomic E-state index is 10.8. The molecule has 0 aliphatic heterocycles. The van der Waals surface area contributed by atoms with Crippen LogP contribution in [0.1, 0.15) is 10.6 Å². The van der Waals surface area contributed by atoms with Crippen molar-refractivity contribution < 1.29 is 23.7 Å². The summed E-state index contributed by atoms with van der Waals surface area (Å²) in [7, 11) is 3.15. The molecule has 0 bridgehead atoms. The quantitative estimate of drug-likeness (QED) is 0.619. The average molecular weight is 386 g/mol. The summed E-state index contributed by atoms with van der Waals surface area (Å²) >= 11 is 1.53. The topological polar surface area (TPSA) is 92.9 Å². The molecular weight excluding hydrogens is 368 g/mol. The summed E-state index contributed by atoms with van der Waals surface area (Å²) < 4.78 is 21.6. The molecule has 7 nitrogen and oxygen atoms in total. The number of ether oxygens (including phenoxy) is 4. The van der Waals surface area contributed by atoms with Gasteiger partial charge in [0.05, 0.1) is 17.3 Å². The number of nitrogens with zero attached hydrogens (tertiary/aromatic N) is 1. The Hall–Kier alpha value is -3.10. The third-order valence-electron chi connectivity index (χ3n) is 3.53. The number of amides is 1. The van der Waals surface area contributed by atoms with E-state index in [0.717, 1.165) is 20.8 Å². The zero-order chi connectivity index (χ0) is 19.2. The van der Waals surface area contributed by atoms with Crippen molar-refractivity contribution in [2.75, 3.05) is 21.0 Å². The van der Waals surface area contributed by atoms with Crippen LogP contribution in [0.4, 0.5) is 4.79 Å². The summed E-state index contributed by atoms with van der Waals surface area (Å²) in [5.41, 5.74) is 6.70. The van der Waals surface area contributed by atoms with E-state index in [1.54, 1.807) is 26.4 Å². The molecule has 0 unspecified atom stereocenters. The number of carbonyl (C=O) groups is 1. The van der Waals surface area contributed by atoms with Gasteiger partial charge in [0.15, 0.2) is 18.3 Å². The van der Waals surface area contributed by atoms with E-state index in [9.17, 15) is 4.79 Å². The van der Waals surface area contributed by atoms with Gasteiger partial charge in [0, 0.05) is 13.2 Å². The van der Waals surface area contributed by atoms with E-state index in [4.69, 9.17) is 24.7 Å². The van der Waals surface area contributed by atoms with Gasteiger partial charge in [-0.25, -0.2) is 9.78 Å². The minimum absolute atomic E-state index is 0.151. The molecular formula is C19H18N2O5S. The SMILES string of the molecule is COCOc1ccc(C=Cc2nc3cc(OC(N)=O)ccc3s2)cc1OC. The van der Waals surface area contributed by atoms with Crippen LogP contribution in [0.5, 0.6) is 17.2 Å². The lowest BCUT2D eigenvalue weighted by molar-refractivity contribution is 0.0491. The molecule has 0 aliphatic rings. The van der Waals surface area contributed by atoms with Crippen LogP contribution in [0, 0.1) is 0 Å². The molecule has 2 aromatic carbocycles. The van der Waals surface area contributed by atoms with Crippen LogP contribution < -0.4 is 19.9 Å². The molecule has 1 heterocycles. The summed E-state index contributed by atoms with van der Waals surface area (Å²) in [5.74, 6) is 1.59. The lowest BCUT2D eigenvalue weighted by Crippen LogP contribution is -2.16. The molecule has 3 aromatic rings. The number of hydrogen-bond donors (Lipinski definition) is 1. The molecule has 0 atom stereocenters. The van der Waals surface area contributed by atoms with Crippen molar-refractivity contribution in [1.82, 2.24) is 4.98 Å². The fraction of sp³-hybridized carbons (Fsp3) is 0.158. The van der Waals surface area contributed by atoms with Crippen LogP contribution >= 0.6 is 11.3 Å². The van der Waals surface area contributed by atoms with Crippen LogP contribution in [0.25, 0.3) is 22.4 Å². The summed E-state index contributed by atoms with van der Waals surface area (Å²) in [6.45, 7) is 0.151. The van der Waals surface area contributed by atoms with E-state index < -0.39 is 6.09 Å². The number of nitrogens with two attached hydrogens (primary N) is 1. The number of primary amides is 1. The Labute approximate surface area is 159 Å². The maximum atomic E-state index is 10.8. The van der Waals surface area contributed by atoms with Gasteiger partial charge in [0.1, 0.15) is 10.8 Å². The van der Waals surface area contributed by atoms with E-state index >= 15 is 0 Å². The van der Waals surface area contributed by atoms with Gasteiger partial charge in [-0.15, -0.1) is 11.3 Å². The van der Waals surface area contributed by atoms with Gasteiger partial charge < -0.3 is 24.7 Å². The van der Waals surface area contributed by atoms with Crippen LogP contribution in [-0.2, 0) is 4.74 Å². The molecule has 1 aromatic heterocycles. The lowest BCUT2D eigenvalue weighted by Gasteiger charge is -2.10. The Bertz CT molecular complexity index is 983. The fourth-order valence-electron chi connectivity index (χ4n) is 2.37. The molecule has 3 rings (SSSR count). The Kier molecular flexibility index (Phi) is 5.90. The van der Waals surface area contributed by atoms with Crippen molar-refractivity contribution in [2.45, 2.75) is 0 Å². The number of thiazole rings is 1. The lowest BCUT2D eigenvalue weighted by atomic mass is 10.2. The molecule has 2 N–H and O–H groups in total. The normalized spacial score (nSPS) is 11.0. The Morgan fingerprint density at radius 1 is 1.15 bits per heavy atom. The predicted molar refractivity (Wildman–Crippen MR) is 104 cm³/mol. The number of rotatable bonds is 7. The minimum atomic E-state index is -0.850. The summed E-state index contributed by atoms with van der Waals surface area (Å²) in [6, 6.07) is 10.8. The van der Waals surface area contributed by atoms with Crippen molar-refractivity contribution >= 4 is 39.8 Å². The van der Waals surface area contributed by atoms with E-state index in [2.05, 4.69) is 4.98 Å². The first-order valence-corrected chi connectivity index (χ1v) is 8.76. The smallest absolute Gasteiger partial charge is 0.409 e. The van der Waals surface area contributed by atoms with E-state index in [1.807, 2.05) is 36.4 Å². The minimum Gasteiger partial charge on any atom is -0.493 e. The van der Waals surface area contributed by atoms with E-state index in [-0.39, 0.29) is 6.79 Å². The van der Waals surface area contributed by atoms with Crippen molar-refractivity contribution in [1.29, 1.82) is 0 Å². The molecule has 0 fully saturated rings. The van der Waals surface area contributed by atoms with Crippen LogP contribution in [0.3, 0.4) is 0 Å². The van der Waals surface area contributed by atoms with Crippen molar-refractivity contribution in [3.8, 4) is 17.2 Å². The third kappa shape index (κ3) is 4.75. The summed E-state index contributed by atoms with van der Waals surface area (Å²) in [4.78, 5) is 15.4. The Morgan fingerprint density at radius 3 is 2.74 bits per heavy atom. The van der Waals surface area contributed by atoms with Crippen LogP contribution in [0.15, 0.2) is 36.4 Å². The Morgan fingerprint density at radius 2 is 2.00 bits per heavy atom. The van der Waals surface area contributed by atoms with E-state index in [1.165, 1.54) is 11.3 Å². The summed E-state index contributed by atoms with van der Waals surface area (Å²) in [5, 5.41) is 0.819. The molecule has 0 spiro atoms. The first kappa shape index (κ1) is 18.7. The van der Waals surface area contributed by atoms with Gasteiger partial charge in [0.25, 0.3) is 0 Å². The molecule has 27 heavy (non-hydrogen) atoms. The number of methoxy groups -OCH3 is 2. The zero-order valence-electron chi connectivity index (χ0n) is 14.8. The highest BCUT2D eigenvalue weighted by Crippen LogP contribution is 2.30. The number of aromatic nitrogens is 1. The van der Waals surface area contributed by atoms with Crippen LogP contribution in [-0.4, -0.2) is 32.1 Å². The Balaban J connectivity index is 1.79. The third-order valence-corrected chi connectivity index (χ3v) is 4.53. The molecule has 0 radical (unpaired) electrons. The first-order chi connectivity index (χ1) is 13.1. The van der Waals surface area contributed by atoms with Gasteiger partial charge in [-0.3, -0.25) is 0 Å². The number of hydrogen-bond acceptors (Lipinski definition) is 7. The second-order valence-electron chi connectivity index (χ2n) is 5.40. The largest absolute Gasteiger partial charge is 0.493 e. The van der Waals surface area contributed by atoms with Crippen LogP contribution in [0.2, 0.25) is 0 Å². The van der Waals surface area contributed by atoms with Crippen molar-refractivity contribution in [2.24, 2.45) is 5.73 Å². The first-order valence-electron chi connectivity index (χ1n) is 7.95. The molecule has 0 saturated heterocycles.